The molecule has 2 heterocycles. The molecule has 0 saturated carbocycles. The quantitative estimate of drug-likeness (QED) is 0.857. The minimum Gasteiger partial charge on any atom is -0.480 e. The zero-order valence-corrected chi connectivity index (χ0v) is 11.4. The number of rotatable bonds is 4. The summed E-state index contributed by atoms with van der Waals surface area (Å²) >= 11 is 0. The molecule has 7 heteroatoms. The Labute approximate surface area is 112 Å². The predicted octanol–water partition coefficient (Wildman–Crippen LogP) is 0.255. The van der Waals surface area contributed by atoms with Crippen molar-refractivity contribution in [2.75, 3.05) is 25.2 Å². The first-order chi connectivity index (χ1) is 9.02. The molecule has 1 aromatic rings. The van der Waals surface area contributed by atoms with Crippen molar-refractivity contribution in [2.45, 2.75) is 6.42 Å². The van der Waals surface area contributed by atoms with Crippen LogP contribution in [-0.4, -0.2) is 44.5 Å². The number of nitrogens with one attached hydrogen (secondary N) is 1. The van der Waals surface area contributed by atoms with E-state index in [0.717, 1.165) is 0 Å². The van der Waals surface area contributed by atoms with Crippen LogP contribution in [0, 0.1) is 5.92 Å². The van der Waals surface area contributed by atoms with Crippen LogP contribution in [0.3, 0.4) is 0 Å². The van der Waals surface area contributed by atoms with Crippen molar-refractivity contribution in [2.24, 2.45) is 5.92 Å². The number of nitrogens with zero attached hydrogens (tertiary/aromatic N) is 1. The van der Waals surface area contributed by atoms with E-state index in [4.69, 9.17) is 4.74 Å². The summed E-state index contributed by atoms with van der Waals surface area (Å²) in [5.74, 6) is 0.325. The van der Waals surface area contributed by atoms with Gasteiger partial charge >= 0.3 is 0 Å². The van der Waals surface area contributed by atoms with E-state index in [1.165, 1.54) is 7.11 Å². The van der Waals surface area contributed by atoms with Gasteiger partial charge in [-0.2, -0.15) is 0 Å². The number of hydrogen-bond donors (Lipinski definition) is 1. The van der Waals surface area contributed by atoms with Gasteiger partial charge in [-0.25, -0.2) is 13.4 Å². The van der Waals surface area contributed by atoms with Crippen LogP contribution in [0.2, 0.25) is 0 Å². The van der Waals surface area contributed by atoms with E-state index in [9.17, 15) is 13.2 Å². The Kier molecular flexibility index (Phi) is 4.04. The van der Waals surface area contributed by atoms with Crippen molar-refractivity contribution in [3.8, 4) is 5.88 Å². The second-order valence-electron chi connectivity index (χ2n) is 4.54. The lowest BCUT2D eigenvalue weighted by atomic mass is 10.1. The van der Waals surface area contributed by atoms with Crippen LogP contribution in [0.4, 0.5) is 0 Å². The molecular formula is C12H16N2O4S. The Balaban J connectivity index is 1.95. The molecule has 0 radical (unpaired) electrons. The van der Waals surface area contributed by atoms with Gasteiger partial charge in [-0.1, -0.05) is 0 Å². The molecule has 0 aromatic carbocycles. The zero-order chi connectivity index (χ0) is 13.9. The van der Waals surface area contributed by atoms with Crippen LogP contribution >= 0.6 is 0 Å². The normalized spacial score (nSPS) is 21.0. The highest BCUT2D eigenvalue weighted by molar-refractivity contribution is 7.91. The molecule has 1 amide bonds. The highest BCUT2D eigenvalue weighted by Gasteiger charge is 2.28. The molecule has 1 fully saturated rings. The summed E-state index contributed by atoms with van der Waals surface area (Å²) in [6, 6.07) is 3.27. The van der Waals surface area contributed by atoms with Gasteiger partial charge in [-0.3, -0.25) is 4.79 Å². The molecule has 1 aromatic heterocycles. The van der Waals surface area contributed by atoms with E-state index in [1.54, 1.807) is 18.3 Å². The first kappa shape index (κ1) is 13.8. The third-order valence-electron chi connectivity index (χ3n) is 3.09. The number of methoxy groups -OCH3 is 1. The van der Waals surface area contributed by atoms with Gasteiger partial charge in [0.25, 0.3) is 5.91 Å². The van der Waals surface area contributed by atoms with Crippen molar-refractivity contribution in [3.05, 3.63) is 23.9 Å². The number of hydrogen-bond acceptors (Lipinski definition) is 5. The number of ether oxygens (including phenoxy) is 1. The third kappa shape index (κ3) is 3.44. The van der Waals surface area contributed by atoms with Gasteiger partial charge in [-0.05, 0) is 24.5 Å². The van der Waals surface area contributed by atoms with Gasteiger partial charge in [0.15, 0.2) is 9.84 Å². The fraction of sp³-hybridized carbons (Fsp3) is 0.500. The predicted molar refractivity (Wildman–Crippen MR) is 69.9 cm³/mol. The smallest absolute Gasteiger partial charge is 0.256 e. The Morgan fingerprint density at radius 1 is 1.58 bits per heavy atom. The average Bonchev–Trinajstić information content (AvgIpc) is 2.75. The van der Waals surface area contributed by atoms with E-state index in [2.05, 4.69) is 10.3 Å². The molecule has 1 atom stereocenters. The van der Waals surface area contributed by atoms with Crippen molar-refractivity contribution < 1.29 is 17.9 Å². The van der Waals surface area contributed by atoms with E-state index >= 15 is 0 Å². The largest absolute Gasteiger partial charge is 0.480 e. The molecule has 1 aliphatic rings. The topological polar surface area (TPSA) is 85.4 Å². The molecular weight excluding hydrogens is 268 g/mol. The second kappa shape index (κ2) is 5.56. The van der Waals surface area contributed by atoms with Gasteiger partial charge in [0.05, 0.1) is 18.6 Å². The third-order valence-corrected chi connectivity index (χ3v) is 4.92. The summed E-state index contributed by atoms with van der Waals surface area (Å²) in [5, 5.41) is 2.73. The van der Waals surface area contributed by atoms with E-state index in [-0.39, 0.29) is 29.2 Å². The summed E-state index contributed by atoms with van der Waals surface area (Å²) in [7, 11) is -1.46. The maximum atomic E-state index is 12.0. The molecule has 0 spiro atoms. The summed E-state index contributed by atoms with van der Waals surface area (Å²) in [6.45, 7) is 0.357. The van der Waals surface area contributed by atoms with E-state index in [0.29, 0.717) is 18.5 Å². The highest BCUT2D eigenvalue weighted by Crippen LogP contribution is 2.18. The van der Waals surface area contributed by atoms with Crippen molar-refractivity contribution in [1.82, 2.24) is 10.3 Å². The molecule has 6 nitrogen and oxygen atoms in total. The van der Waals surface area contributed by atoms with Crippen LogP contribution in [0.25, 0.3) is 0 Å². The SMILES string of the molecule is COc1ncccc1C(=O)NC[C@H]1CCS(=O)(=O)C1. The lowest BCUT2D eigenvalue weighted by Gasteiger charge is -2.11. The second-order valence-corrected chi connectivity index (χ2v) is 6.77. The number of aromatic nitrogens is 1. The monoisotopic (exact) mass is 284 g/mol. The van der Waals surface area contributed by atoms with Gasteiger partial charge in [0.1, 0.15) is 5.56 Å². The summed E-state index contributed by atoms with van der Waals surface area (Å²) in [6.07, 6.45) is 2.14. The number of carbonyl (C=O) groups is 1. The molecule has 1 aliphatic heterocycles. The first-order valence-electron chi connectivity index (χ1n) is 5.99. The molecule has 0 aliphatic carbocycles. The number of amides is 1. The van der Waals surface area contributed by atoms with Crippen LogP contribution in [0.5, 0.6) is 5.88 Å². The minimum atomic E-state index is -2.91. The summed E-state index contributed by atoms with van der Waals surface area (Å²) in [4.78, 5) is 15.9. The molecule has 104 valence electrons. The van der Waals surface area contributed by atoms with Crippen LogP contribution in [0.1, 0.15) is 16.8 Å². The van der Waals surface area contributed by atoms with Gasteiger partial charge in [0, 0.05) is 12.7 Å². The maximum Gasteiger partial charge on any atom is 0.256 e. The summed E-state index contributed by atoms with van der Waals surface area (Å²) in [5.41, 5.74) is 0.353. The van der Waals surface area contributed by atoms with Crippen molar-refractivity contribution >= 4 is 15.7 Å². The average molecular weight is 284 g/mol. The Morgan fingerprint density at radius 2 is 2.37 bits per heavy atom. The molecule has 1 saturated heterocycles. The minimum absolute atomic E-state index is 0.00313. The first-order valence-corrected chi connectivity index (χ1v) is 7.81. The molecule has 2 rings (SSSR count). The van der Waals surface area contributed by atoms with Crippen LogP contribution < -0.4 is 10.1 Å². The Bertz CT molecular complexity index is 571. The Morgan fingerprint density at radius 3 is 3.00 bits per heavy atom. The van der Waals surface area contributed by atoms with Crippen LogP contribution in [-0.2, 0) is 9.84 Å². The van der Waals surface area contributed by atoms with E-state index < -0.39 is 9.84 Å². The Hall–Kier alpha value is -1.63. The lowest BCUT2D eigenvalue weighted by molar-refractivity contribution is 0.0944. The maximum absolute atomic E-state index is 12.0. The van der Waals surface area contributed by atoms with Gasteiger partial charge in [0.2, 0.25) is 5.88 Å². The lowest BCUT2D eigenvalue weighted by Crippen LogP contribution is -2.30. The van der Waals surface area contributed by atoms with Gasteiger partial charge < -0.3 is 10.1 Å². The van der Waals surface area contributed by atoms with Crippen molar-refractivity contribution in [1.29, 1.82) is 0 Å². The molecule has 0 bridgehead atoms. The van der Waals surface area contributed by atoms with Gasteiger partial charge in [-0.15, -0.1) is 0 Å². The zero-order valence-electron chi connectivity index (χ0n) is 10.6. The van der Waals surface area contributed by atoms with E-state index in [1.807, 2.05) is 0 Å². The number of sulfone groups is 1. The molecule has 0 unspecified atom stereocenters. The highest BCUT2D eigenvalue weighted by atomic mass is 32.2. The van der Waals surface area contributed by atoms with Crippen molar-refractivity contribution in [3.63, 3.8) is 0 Å². The van der Waals surface area contributed by atoms with Crippen LogP contribution in [0.15, 0.2) is 18.3 Å². The summed E-state index contributed by atoms with van der Waals surface area (Å²) < 4.78 is 27.6. The standard InChI is InChI=1S/C12H16N2O4S/c1-18-12-10(3-2-5-13-12)11(15)14-7-9-4-6-19(16,17)8-9/h2-3,5,9H,4,6-8H2,1H3,(H,14,15)/t9-/m1/s1. The molecule has 1 N–H and O–H groups in total. The fourth-order valence-electron chi connectivity index (χ4n) is 2.09. The molecule has 19 heavy (non-hydrogen) atoms. The number of carbonyl (C=O) groups excluding carboxylic acids is 1. The number of pyridine rings is 1. The fourth-order valence-corrected chi connectivity index (χ4v) is 3.95.